The van der Waals surface area contributed by atoms with Crippen LogP contribution in [0.3, 0.4) is 0 Å². The molecular weight excluding hydrogens is 214 g/mol. The SMILES string of the molecule is CCNC(c1ccc(CC)cc1)C(C)SC. The van der Waals surface area contributed by atoms with Gasteiger partial charge in [-0.1, -0.05) is 45.0 Å². The van der Waals surface area contributed by atoms with Gasteiger partial charge in [-0.2, -0.15) is 11.8 Å². The van der Waals surface area contributed by atoms with Crippen molar-refractivity contribution in [2.24, 2.45) is 0 Å². The molecule has 90 valence electrons. The highest BCUT2D eigenvalue weighted by Crippen LogP contribution is 2.25. The fourth-order valence-corrected chi connectivity index (χ4v) is 2.40. The number of hydrogen-bond acceptors (Lipinski definition) is 2. The highest BCUT2D eigenvalue weighted by molar-refractivity contribution is 7.99. The molecule has 0 aliphatic rings. The molecule has 0 saturated carbocycles. The lowest BCUT2D eigenvalue weighted by molar-refractivity contribution is 0.548. The van der Waals surface area contributed by atoms with E-state index in [0.717, 1.165) is 13.0 Å². The van der Waals surface area contributed by atoms with E-state index in [1.165, 1.54) is 11.1 Å². The Morgan fingerprint density at radius 2 is 1.81 bits per heavy atom. The van der Waals surface area contributed by atoms with Gasteiger partial charge < -0.3 is 5.32 Å². The van der Waals surface area contributed by atoms with Crippen molar-refractivity contribution in [1.82, 2.24) is 5.32 Å². The van der Waals surface area contributed by atoms with Crippen molar-refractivity contribution in [2.45, 2.75) is 38.5 Å². The van der Waals surface area contributed by atoms with Crippen LogP contribution in [0.4, 0.5) is 0 Å². The van der Waals surface area contributed by atoms with Crippen LogP contribution in [-0.2, 0) is 6.42 Å². The Hall–Kier alpha value is -0.470. The summed E-state index contributed by atoms with van der Waals surface area (Å²) in [7, 11) is 0. The van der Waals surface area contributed by atoms with Crippen molar-refractivity contribution < 1.29 is 0 Å². The first-order valence-electron chi connectivity index (χ1n) is 6.07. The lowest BCUT2D eigenvalue weighted by Crippen LogP contribution is -2.28. The van der Waals surface area contributed by atoms with Crippen molar-refractivity contribution in [2.75, 3.05) is 12.8 Å². The van der Waals surface area contributed by atoms with Gasteiger partial charge >= 0.3 is 0 Å². The van der Waals surface area contributed by atoms with Crippen LogP contribution in [-0.4, -0.2) is 18.1 Å². The fraction of sp³-hybridized carbons (Fsp3) is 0.571. The molecule has 0 amide bonds. The number of thioether (sulfide) groups is 1. The average molecular weight is 237 g/mol. The van der Waals surface area contributed by atoms with Gasteiger partial charge in [-0.05, 0) is 30.3 Å². The van der Waals surface area contributed by atoms with E-state index in [9.17, 15) is 0 Å². The van der Waals surface area contributed by atoms with E-state index in [0.29, 0.717) is 11.3 Å². The zero-order valence-corrected chi connectivity index (χ0v) is 11.6. The van der Waals surface area contributed by atoms with Gasteiger partial charge in [0.05, 0.1) is 0 Å². The first-order valence-corrected chi connectivity index (χ1v) is 7.36. The molecule has 1 aromatic carbocycles. The van der Waals surface area contributed by atoms with Gasteiger partial charge in [0.2, 0.25) is 0 Å². The number of benzene rings is 1. The molecule has 0 aliphatic heterocycles. The van der Waals surface area contributed by atoms with Gasteiger partial charge in [0.15, 0.2) is 0 Å². The summed E-state index contributed by atoms with van der Waals surface area (Å²) in [5, 5.41) is 4.17. The Bertz CT molecular complexity index is 294. The van der Waals surface area contributed by atoms with Gasteiger partial charge in [0, 0.05) is 11.3 Å². The molecule has 2 atom stereocenters. The summed E-state index contributed by atoms with van der Waals surface area (Å²) in [5.74, 6) is 0. The first-order chi connectivity index (χ1) is 7.72. The lowest BCUT2D eigenvalue weighted by atomic mass is 10.0. The summed E-state index contributed by atoms with van der Waals surface area (Å²) < 4.78 is 0. The van der Waals surface area contributed by atoms with Crippen molar-refractivity contribution in [1.29, 1.82) is 0 Å². The predicted octanol–water partition coefficient (Wildman–Crippen LogP) is 3.65. The molecule has 2 heteroatoms. The first kappa shape index (κ1) is 13.6. The average Bonchev–Trinajstić information content (AvgIpc) is 2.35. The Balaban J connectivity index is 2.83. The number of hydrogen-bond donors (Lipinski definition) is 1. The third-order valence-corrected chi connectivity index (χ3v) is 4.03. The van der Waals surface area contributed by atoms with E-state index in [-0.39, 0.29) is 0 Å². The highest BCUT2D eigenvalue weighted by Gasteiger charge is 2.16. The number of rotatable bonds is 6. The third-order valence-electron chi connectivity index (χ3n) is 3.01. The Kier molecular flexibility index (Phi) is 5.93. The molecule has 0 fully saturated rings. The predicted molar refractivity (Wildman–Crippen MR) is 75.2 cm³/mol. The second-order valence-corrected chi connectivity index (χ2v) is 5.29. The summed E-state index contributed by atoms with van der Waals surface area (Å²) >= 11 is 1.92. The van der Waals surface area contributed by atoms with Gasteiger partial charge in [0.25, 0.3) is 0 Å². The topological polar surface area (TPSA) is 12.0 Å². The summed E-state index contributed by atoms with van der Waals surface area (Å²) in [6.45, 7) is 7.67. The molecule has 0 saturated heterocycles. The molecule has 0 spiro atoms. The third kappa shape index (κ3) is 3.53. The molecule has 0 radical (unpaired) electrons. The van der Waals surface area contributed by atoms with Gasteiger partial charge in [-0.25, -0.2) is 0 Å². The standard InChI is InChI=1S/C14H23NS/c1-5-12-7-9-13(10-8-12)14(15-6-2)11(3)16-4/h7-11,14-15H,5-6H2,1-4H3. The minimum atomic E-state index is 0.464. The van der Waals surface area contributed by atoms with Crippen LogP contribution >= 0.6 is 11.8 Å². The van der Waals surface area contributed by atoms with Gasteiger partial charge in [-0.3, -0.25) is 0 Å². The Morgan fingerprint density at radius 3 is 2.25 bits per heavy atom. The molecule has 1 aromatic rings. The molecule has 16 heavy (non-hydrogen) atoms. The molecule has 0 aromatic heterocycles. The number of nitrogens with one attached hydrogen (secondary N) is 1. The molecule has 1 N–H and O–H groups in total. The van der Waals surface area contributed by atoms with Crippen LogP contribution in [0.2, 0.25) is 0 Å². The molecule has 0 bridgehead atoms. The lowest BCUT2D eigenvalue weighted by Gasteiger charge is -2.24. The minimum absolute atomic E-state index is 0.464. The molecule has 1 rings (SSSR count). The highest BCUT2D eigenvalue weighted by atomic mass is 32.2. The van der Waals surface area contributed by atoms with Crippen LogP contribution in [0.25, 0.3) is 0 Å². The van der Waals surface area contributed by atoms with E-state index in [1.807, 2.05) is 11.8 Å². The van der Waals surface area contributed by atoms with Crippen molar-refractivity contribution in [3.63, 3.8) is 0 Å². The minimum Gasteiger partial charge on any atom is -0.309 e. The molecule has 1 nitrogen and oxygen atoms in total. The number of aryl methyl sites for hydroxylation is 1. The zero-order chi connectivity index (χ0) is 12.0. The Morgan fingerprint density at radius 1 is 1.19 bits per heavy atom. The van der Waals surface area contributed by atoms with E-state index in [1.54, 1.807) is 0 Å². The van der Waals surface area contributed by atoms with Crippen LogP contribution in [0.1, 0.15) is 37.9 Å². The summed E-state index contributed by atoms with van der Waals surface area (Å²) in [6, 6.07) is 9.47. The largest absolute Gasteiger partial charge is 0.309 e. The monoisotopic (exact) mass is 237 g/mol. The maximum Gasteiger partial charge on any atom is 0.0437 e. The summed E-state index contributed by atoms with van der Waals surface area (Å²) in [4.78, 5) is 0. The van der Waals surface area contributed by atoms with Crippen molar-refractivity contribution in [3.8, 4) is 0 Å². The quantitative estimate of drug-likeness (QED) is 0.810. The van der Waals surface area contributed by atoms with E-state index in [2.05, 4.69) is 56.6 Å². The van der Waals surface area contributed by atoms with E-state index in [4.69, 9.17) is 0 Å². The maximum absolute atomic E-state index is 3.57. The van der Waals surface area contributed by atoms with E-state index < -0.39 is 0 Å². The van der Waals surface area contributed by atoms with E-state index >= 15 is 0 Å². The maximum atomic E-state index is 3.57. The second-order valence-electron chi connectivity index (χ2n) is 4.07. The molecule has 0 aliphatic carbocycles. The fourth-order valence-electron chi connectivity index (χ4n) is 1.87. The van der Waals surface area contributed by atoms with Crippen LogP contribution in [0, 0.1) is 0 Å². The van der Waals surface area contributed by atoms with Crippen molar-refractivity contribution >= 4 is 11.8 Å². The van der Waals surface area contributed by atoms with Gasteiger partial charge in [-0.15, -0.1) is 0 Å². The van der Waals surface area contributed by atoms with Crippen LogP contribution < -0.4 is 5.32 Å². The smallest absolute Gasteiger partial charge is 0.0437 e. The normalized spacial score (nSPS) is 14.8. The summed E-state index contributed by atoms with van der Waals surface area (Å²) in [6.07, 6.45) is 3.29. The Labute approximate surface area is 104 Å². The zero-order valence-electron chi connectivity index (χ0n) is 10.8. The summed E-state index contributed by atoms with van der Waals surface area (Å²) in [5.41, 5.74) is 2.82. The van der Waals surface area contributed by atoms with Crippen molar-refractivity contribution in [3.05, 3.63) is 35.4 Å². The molecular formula is C14H23NS. The van der Waals surface area contributed by atoms with Crippen LogP contribution in [0.5, 0.6) is 0 Å². The second kappa shape index (κ2) is 6.97. The molecule has 0 heterocycles. The van der Waals surface area contributed by atoms with Crippen LogP contribution in [0.15, 0.2) is 24.3 Å². The molecule has 2 unspecified atom stereocenters. The van der Waals surface area contributed by atoms with Gasteiger partial charge in [0.1, 0.15) is 0 Å².